The number of rotatable bonds is 7. The minimum absolute atomic E-state index is 0.148. The topological polar surface area (TPSA) is 87.2 Å². The van der Waals surface area contributed by atoms with Crippen LogP contribution in [0.1, 0.15) is 50.0 Å². The predicted octanol–water partition coefficient (Wildman–Crippen LogP) is 2.72. The summed E-state index contributed by atoms with van der Waals surface area (Å²) in [4.78, 5) is 27.8. The number of carbonyl (C=O) groups is 2. The molecule has 2 amide bonds. The van der Waals surface area contributed by atoms with E-state index in [1.165, 1.54) is 18.5 Å². The van der Waals surface area contributed by atoms with E-state index in [9.17, 15) is 14.0 Å². The van der Waals surface area contributed by atoms with E-state index >= 15 is 0 Å². The fraction of sp³-hybridized carbons (Fsp3) is 0.478. The first-order chi connectivity index (χ1) is 14.6. The SMILES string of the molecule is C[C@@H](CN1CCc2cc(F)ccc21)NC(=O)[C@H](CC(C)(C)C)NC(=O)c1ccnnc1. The summed E-state index contributed by atoms with van der Waals surface area (Å²) in [6.45, 7) is 9.40. The molecule has 0 unspecified atom stereocenters. The highest BCUT2D eigenvalue weighted by Crippen LogP contribution is 2.28. The number of nitrogens with zero attached hydrogens (tertiary/aromatic N) is 3. The van der Waals surface area contributed by atoms with Crippen molar-refractivity contribution in [2.24, 2.45) is 5.41 Å². The minimum atomic E-state index is -0.678. The number of amides is 2. The van der Waals surface area contributed by atoms with E-state index in [1.54, 1.807) is 18.2 Å². The predicted molar refractivity (Wildman–Crippen MR) is 117 cm³/mol. The van der Waals surface area contributed by atoms with Gasteiger partial charge in [-0.3, -0.25) is 9.59 Å². The van der Waals surface area contributed by atoms with Gasteiger partial charge < -0.3 is 15.5 Å². The molecule has 2 N–H and O–H groups in total. The van der Waals surface area contributed by atoms with Crippen molar-refractivity contribution in [3.05, 3.63) is 53.6 Å². The van der Waals surface area contributed by atoms with Crippen molar-refractivity contribution in [2.45, 2.75) is 52.6 Å². The maximum absolute atomic E-state index is 13.5. The van der Waals surface area contributed by atoms with E-state index in [1.807, 2.05) is 27.7 Å². The van der Waals surface area contributed by atoms with Crippen LogP contribution in [0.4, 0.5) is 10.1 Å². The zero-order valence-electron chi connectivity index (χ0n) is 18.5. The highest BCUT2D eigenvalue weighted by atomic mass is 19.1. The molecule has 0 saturated carbocycles. The van der Waals surface area contributed by atoms with Gasteiger partial charge in [-0.1, -0.05) is 20.8 Å². The normalized spacial score (nSPS) is 15.2. The summed E-state index contributed by atoms with van der Waals surface area (Å²) in [6.07, 6.45) is 4.09. The van der Waals surface area contributed by atoms with Crippen LogP contribution >= 0.6 is 0 Å². The lowest BCUT2D eigenvalue weighted by Crippen LogP contribution is -2.52. The van der Waals surface area contributed by atoms with Crippen molar-refractivity contribution in [3.63, 3.8) is 0 Å². The van der Waals surface area contributed by atoms with Crippen LogP contribution in [-0.4, -0.2) is 47.2 Å². The molecule has 31 heavy (non-hydrogen) atoms. The lowest BCUT2D eigenvalue weighted by molar-refractivity contribution is -0.124. The molecule has 1 aromatic carbocycles. The zero-order chi connectivity index (χ0) is 22.6. The second-order valence-electron chi connectivity index (χ2n) is 9.30. The minimum Gasteiger partial charge on any atom is -0.369 e. The second-order valence-corrected chi connectivity index (χ2v) is 9.30. The highest BCUT2D eigenvalue weighted by molar-refractivity contribution is 5.97. The Labute approximate surface area is 182 Å². The smallest absolute Gasteiger partial charge is 0.253 e. The third-order valence-electron chi connectivity index (χ3n) is 5.20. The van der Waals surface area contributed by atoms with Crippen LogP contribution in [0, 0.1) is 11.2 Å². The quantitative estimate of drug-likeness (QED) is 0.710. The number of halogens is 1. The van der Waals surface area contributed by atoms with Gasteiger partial charge in [-0.15, -0.1) is 0 Å². The van der Waals surface area contributed by atoms with Gasteiger partial charge in [-0.2, -0.15) is 10.2 Å². The molecule has 8 heteroatoms. The molecular formula is C23H30FN5O2. The molecular weight excluding hydrogens is 397 g/mol. The molecule has 2 aromatic rings. The fourth-order valence-electron chi connectivity index (χ4n) is 3.84. The standard InChI is InChI=1S/C23H30FN5O2/c1-15(14-29-10-8-16-11-18(24)5-6-20(16)29)27-22(31)19(12-23(2,3)4)28-21(30)17-7-9-25-26-13-17/h5-7,9,11,13,15,19H,8,10,12,14H2,1-4H3,(H,27,31)(H,28,30)/t15-,19-/m0/s1. The molecule has 0 saturated heterocycles. The zero-order valence-corrected chi connectivity index (χ0v) is 18.5. The van der Waals surface area contributed by atoms with Crippen molar-refractivity contribution < 1.29 is 14.0 Å². The van der Waals surface area contributed by atoms with Crippen molar-refractivity contribution >= 4 is 17.5 Å². The van der Waals surface area contributed by atoms with Gasteiger partial charge in [0.1, 0.15) is 11.9 Å². The molecule has 1 aliphatic heterocycles. The lowest BCUT2D eigenvalue weighted by Gasteiger charge is -2.29. The Kier molecular flexibility index (Phi) is 6.87. The number of aromatic nitrogens is 2. The van der Waals surface area contributed by atoms with Crippen molar-refractivity contribution in [3.8, 4) is 0 Å². The molecule has 0 fully saturated rings. The molecule has 0 spiro atoms. The monoisotopic (exact) mass is 427 g/mol. The number of fused-ring (bicyclic) bond motifs is 1. The third kappa shape index (κ3) is 6.23. The van der Waals surface area contributed by atoms with Gasteiger partial charge in [0.05, 0.1) is 18.0 Å². The molecule has 7 nitrogen and oxygen atoms in total. The first kappa shape index (κ1) is 22.7. The molecule has 0 aliphatic carbocycles. The third-order valence-corrected chi connectivity index (χ3v) is 5.20. The fourth-order valence-corrected chi connectivity index (χ4v) is 3.84. The number of nitrogens with one attached hydrogen (secondary N) is 2. The van der Waals surface area contributed by atoms with E-state index in [4.69, 9.17) is 0 Å². The van der Waals surface area contributed by atoms with Crippen LogP contribution in [-0.2, 0) is 11.2 Å². The largest absolute Gasteiger partial charge is 0.369 e. The van der Waals surface area contributed by atoms with Crippen LogP contribution in [0.5, 0.6) is 0 Å². The summed E-state index contributed by atoms with van der Waals surface area (Å²) < 4.78 is 13.5. The van der Waals surface area contributed by atoms with Gasteiger partial charge in [0, 0.05) is 24.8 Å². The summed E-state index contributed by atoms with van der Waals surface area (Å²) in [5.41, 5.74) is 2.19. The Bertz CT molecular complexity index is 929. The first-order valence-corrected chi connectivity index (χ1v) is 10.5. The molecule has 2 heterocycles. The van der Waals surface area contributed by atoms with E-state index < -0.39 is 6.04 Å². The average Bonchev–Trinajstić information content (AvgIpc) is 3.08. The number of hydrogen-bond donors (Lipinski definition) is 2. The maximum Gasteiger partial charge on any atom is 0.253 e. The molecule has 166 valence electrons. The van der Waals surface area contributed by atoms with Gasteiger partial charge in [-0.05, 0) is 55.0 Å². The highest BCUT2D eigenvalue weighted by Gasteiger charge is 2.29. The molecule has 0 bridgehead atoms. The van der Waals surface area contributed by atoms with Crippen LogP contribution in [0.25, 0.3) is 0 Å². The Morgan fingerprint density at radius 3 is 2.65 bits per heavy atom. The van der Waals surface area contributed by atoms with Gasteiger partial charge >= 0.3 is 0 Å². The van der Waals surface area contributed by atoms with Crippen molar-refractivity contribution in [1.29, 1.82) is 0 Å². The number of anilines is 1. The molecule has 0 radical (unpaired) electrons. The maximum atomic E-state index is 13.5. The van der Waals surface area contributed by atoms with E-state index in [0.29, 0.717) is 18.5 Å². The Morgan fingerprint density at radius 1 is 1.19 bits per heavy atom. The lowest BCUT2D eigenvalue weighted by atomic mass is 9.87. The number of benzene rings is 1. The second kappa shape index (κ2) is 9.41. The van der Waals surface area contributed by atoms with Gasteiger partial charge in [0.2, 0.25) is 5.91 Å². The van der Waals surface area contributed by atoms with Crippen LogP contribution in [0.2, 0.25) is 0 Å². The average molecular weight is 428 g/mol. The van der Waals surface area contributed by atoms with Crippen molar-refractivity contribution in [2.75, 3.05) is 18.0 Å². The Hall–Kier alpha value is -3.03. The number of carbonyl (C=O) groups excluding carboxylic acids is 2. The van der Waals surface area contributed by atoms with Crippen LogP contribution < -0.4 is 15.5 Å². The Balaban J connectivity index is 1.64. The van der Waals surface area contributed by atoms with Gasteiger partial charge in [0.25, 0.3) is 5.91 Å². The summed E-state index contributed by atoms with van der Waals surface area (Å²) in [6, 6.07) is 5.56. The summed E-state index contributed by atoms with van der Waals surface area (Å²) >= 11 is 0. The summed E-state index contributed by atoms with van der Waals surface area (Å²) in [7, 11) is 0. The van der Waals surface area contributed by atoms with Crippen LogP contribution in [0.3, 0.4) is 0 Å². The van der Waals surface area contributed by atoms with E-state index in [-0.39, 0.29) is 29.1 Å². The van der Waals surface area contributed by atoms with Crippen LogP contribution in [0.15, 0.2) is 36.7 Å². The number of hydrogen-bond acceptors (Lipinski definition) is 5. The molecule has 3 rings (SSSR count). The molecule has 1 aliphatic rings. The molecule has 2 atom stereocenters. The Morgan fingerprint density at radius 2 is 1.97 bits per heavy atom. The van der Waals surface area contributed by atoms with E-state index in [2.05, 4.69) is 25.7 Å². The summed E-state index contributed by atoms with van der Waals surface area (Å²) in [5, 5.41) is 13.3. The van der Waals surface area contributed by atoms with E-state index in [0.717, 1.165) is 24.2 Å². The first-order valence-electron chi connectivity index (χ1n) is 10.5. The van der Waals surface area contributed by atoms with Crippen molar-refractivity contribution in [1.82, 2.24) is 20.8 Å². The summed E-state index contributed by atoms with van der Waals surface area (Å²) in [5.74, 6) is -0.814. The molecule has 1 aromatic heterocycles. The van der Waals surface area contributed by atoms with Gasteiger partial charge in [0.15, 0.2) is 0 Å². The van der Waals surface area contributed by atoms with Gasteiger partial charge in [-0.25, -0.2) is 4.39 Å².